The first-order chi connectivity index (χ1) is 9.78. The molecule has 0 fully saturated rings. The van der Waals surface area contributed by atoms with Crippen LogP contribution in [0.25, 0.3) is 5.82 Å². The van der Waals surface area contributed by atoms with E-state index in [0.717, 1.165) is 55.5 Å². The molecule has 0 amide bonds. The van der Waals surface area contributed by atoms with E-state index in [1.807, 2.05) is 19.1 Å². The lowest BCUT2D eigenvalue weighted by Gasteiger charge is -2.04. The Morgan fingerprint density at radius 3 is 2.55 bits per heavy atom. The Bertz CT molecular complexity index is 531. The predicted molar refractivity (Wildman–Crippen MR) is 77.7 cm³/mol. The van der Waals surface area contributed by atoms with Crippen molar-refractivity contribution < 1.29 is 0 Å². The molecule has 1 N–H and O–H groups in total. The lowest BCUT2D eigenvalue weighted by atomic mass is 10.3. The highest BCUT2D eigenvalue weighted by molar-refractivity contribution is 5.22. The van der Waals surface area contributed by atoms with Crippen LogP contribution in [-0.2, 0) is 19.4 Å². The Morgan fingerprint density at radius 2 is 1.95 bits per heavy atom. The molecule has 0 aliphatic rings. The molecule has 0 aromatic carbocycles. The maximum atomic E-state index is 4.48. The molecule has 2 aromatic rings. The third kappa shape index (κ3) is 3.39. The van der Waals surface area contributed by atoms with Gasteiger partial charge in [0.05, 0.1) is 5.69 Å². The van der Waals surface area contributed by atoms with Gasteiger partial charge in [-0.25, -0.2) is 4.98 Å². The van der Waals surface area contributed by atoms with Crippen LogP contribution < -0.4 is 5.32 Å². The van der Waals surface area contributed by atoms with Crippen molar-refractivity contribution >= 4 is 0 Å². The standard InChI is InChI=1S/C14H22N6/c1-4-9-15-10-11-7-8-14(18-17-11)20-13(6-3)16-12(5-2)19-20/h7-8,15H,4-6,9-10H2,1-3H3. The van der Waals surface area contributed by atoms with Crippen LogP contribution in [-0.4, -0.2) is 31.5 Å². The Hall–Kier alpha value is -1.82. The largest absolute Gasteiger partial charge is 0.311 e. The van der Waals surface area contributed by atoms with Gasteiger partial charge in [0.2, 0.25) is 0 Å². The SMILES string of the molecule is CCCNCc1ccc(-n2nc(CC)nc2CC)nn1. The van der Waals surface area contributed by atoms with Gasteiger partial charge in [-0.05, 0) is 25.1 Å². The summed E-state index contributed by atoms with van der Waals surface area (Å²) in [6.07, 6.45) is 2.77. The molecule has 0 aliphatic heterocycles. The number of nitrogens with one attached hydrogen (secondary N) is 1. The molecule has 2 rings (SSSR count). The van der Waals surface area contributed by atoms with Crippen LogP contribution in [0.1, 0.15) is 44.5 Å². The molecule has 0 unspecified atom stereocenters. The molecule has 2 heterocycles. The van der Waals surface area contributed by atoms with Gasteiger partial charge < -0.3 is 5.32 Å². The molecule has 6 nitrogen and oxygen atoms in total. The van der Waals surface area contributed by atoms with Gasteiger partial charge in [-0.3, -0.25) is 0 Å². The molecule has 0 atom stereocenters. The first kappa shape index (κ1) is 14.6. The second-order valence-corrected chi connectivity index (χ2v) is 4.62. The summed E-state index contributed by atoms with van der Waals surface area (Å²) in [4.78, 5) is 4.48. The average Bonchev–Trinajstić information content (AvgIpc) is 2.91. The van der Waals surface area contributed by atoms with Gasteiger partial charge in [0.1, 0.15) is 5.82 Å². The average molecular weight is 274 g/mol. The summed E-state index contributed by atoms with van der Waals surface area (Å²) in [7, 11) is 0. The zero-order chi connectivity index (χ0) is 14.4. The van der Waals surface area contributed by atoms with Crippen molar-refractivity contribution in [3.8, 4) is 5.82 Å². The molecular weight excluding hydrogens is 252 g/mol. The summed E-state index contributed by atoms with van der Waals surface area (Å²) in [6.45, 7) is 8.00. The zero-order valence-corrected chi connectivity index (χ0v) is 12.4. The maximum Gasteiger partial charge on any atom is 0.177 e. The molecule has 0 saturated carbocycles. The van der Waals surface area contributed by atoms with Gasteiger partial charge in [0.25, 0.3) is 0 Å². The van der Waals surface area contributed by atoms with Gasteiger partial charge in [-0.1, -0.05) is 20.8 Å². The number of aryl methyl sites for hydroxylation is 2. The van der Waals surface area contributed by atoms with Gasteiger partial charge >= 0.3 is 0 Å². The van der Waals surface area contributed by atoms with E-state index < -0.39 is 0 Å². The van der Waals surface area contributed by atoms with E-state index in [2.05, 4.69) is 39.4 Å². The van der Waals surface area contributed by atoms with E-state index in [1.54, 1.807) is 4.68 Å². The Labute approximate surface area is 119 Å². The van der Waals surface area contributed by atoms with Gasteiger partial charge in [-0.2, -0.15) is 9.78 Å². The lowest BCUT2D eigenvalue weighted by molar-refractivity contribution is 0.652. The van der Waals surface area contributed by atoms with E-state index in [1.165, 1.54) is 0 Å². The molecule has 108 valence electrons. The van der Waals surface area contributed by atoms with Gasteiger partial charge in [0, 0.05) is 19.4 Å². The molecule has 0 bridgehead atoms. The number of hydrogen-bond acceptors (Lipinski definition) is 5. The minimum Gasteiger partial charge on any atom is -0.311 e. The molecule has 20 heavy (non-hydrogen) atoms. The molecule has 0 aliphatic carbocycles. The van der Waals surface area contributed by atoms with Crippen molar-refractivity contribution in [1.82, 2.24) is 30.3 Å². The number of aromatic nitrogens is 5. The quantitative estimate of drug-likeness (QED) is 0.778. The summed E-state index contributed by atoms with van der Waals surface area (Å²) < 4.78 is 1.79. The number of rotatable bonds is 7. The first-order valence-corrected chi connectivity index (χ1v) is 7.27. The molecule has 0 saturated heterocycles. The zero-order valence-electron chi connectivity index (χ0n) is 12.4. The summed E-state index contributed by atoms with van der Waals surface area (Å²) in [5.74, 6) is 2.50. The topological polar surface area (TPSA) is 68.5 Å². The van der Waals surface area contributed by atoms with Crippen molar-refractivity contribution in [3.63, 3.8) is 0 Å². The third-order valence-electron chi connectivity index (χ3n) is 3.01. The van der Waals surface area contributed by atoms with Gasteiger partial charge in [0.15, 0.2) is 11.6 Å². The smallest absolute Gasteiger partial charge is 0.177 e. The highest BCUT2D eigenvalue weighted by Crippen LogP contribution is 2.08. The number of hydrogen-bond donors (Lipinski definition) is 1. The summed E-state index contributed by atoms with van der Waals surface area (Å²) >= 11 is 0. The fourth-order valence-electron chi connectivity index (χ4n) is 1.91. The van der Waals surface area contributed by atoms with Crippen molar-refractivity contribution in [1.29, 1.82) is 0 Å². The van der Waals surface area contributed by atoms with Crippen LogP contribution in [0.5, 0.6) is 0 Å². The first-order valence-electron chi connectivity index (χ1n) is 7.27. The Morgan fingerprint density at radius 1 is 1.10 bits per heavy atom. The Kier molecular flexibility index (Phi) is 5.17. The fourth-order valence-corrected chi connectivity index (χ4v) is 1.91. The molecule has 6 heteroatoms. The molecule has 2 aromatic heterocycles. The minimum absolute atomic E-state index is 0.730. The van der Waals surface area contributed by atoms with Crippen molar-refractivity contribution in [2.45, 2.75) is 46.6 Å². The normalized spacial score (nSPS) is 10.9. The lowest BCUT2D eigenvalue weighted by Crippen LogP contribution is -2.15. The number of nitrogens with zero attached hydrogens (tertiary/aromatic N) is 5. The maximum absolute atomic E-state index is 4.48. The van der Waals surface area contributed by atoms with Gasteiger partial charge in [-0.15, -0.1) is 10.2 Å². The third-order valence-corrected chi connectivity index (χ3v) is 3.01. The van der Waals surface area contributed by atoms with Crippen LogP contribution in [0.2, 0.25) is 0 Å². The summed E-state index contributed by atoms with van der Waals surface area (Å²) in [5, 5.41) is 16.3. The second kappa shape index (κ2) is 7.09. The molecule has 0 radical (unpaired) electrons. The van der Waals surface area contributed by atoms with Crippen molar-refractivity contribution in [2.24, 2.45) is 0 Å². The van der Waals surface area contributed by atoms with Crippen molar-refractivity contribution in [3.05, 3.63) is 29.5 Å². The van der Waals surface area contributed by atoms with Crippen LogP contribution in [0.3, 0.4) is 0 Å². The van der Waals surface area contributed by atoms with E-state index in [9.17, 15) is 0 Å². The second-order valence-electron chi connectivity index (χ2n) is 4.62. The Balaban J connectivity index is 2.14. The fraction of sp³-hybridized carbons (Fsp3) is 0.571. The summed E-state index contributed by atoms with van der Waals surface area (Å²) in [5.41, 5.74) is 0.941. The molecular formula is C14H22N6. The van der Waals surface area contributed by atoms with E-state index in [-0.39, 0.29) is 0 Å². The van der Waals surface area contributed by atoms with Crippen LogP contribution in [0.15, 0.2) is 12.1 Å². The minimum atomic E-state index is 0.730. The molecule has 0 spiro atoms. The highest BCUT2D eigenvalue weighted by Gasteiger charge is 2.10. The monoisotopic (exact) mass is 274 g/mol. The van der Waals surface area contributed by atoms with E-state index >= 15 is 0 Å². The van der Waals surface area contributed by atoms with Crippen molar-refractivity contribution in [2.75, 3.05) is 6.54 Å². The summed E-state index contributed by atoms with van der Waals surface area (Å²) in [6, 6.07) is 3.93. The van der Waals surface area contributed by atoms with E-state index in [0.29, 0.717) is 0 Å². The predicted octanol–water partition coefficient (Wildman–Crippen LogP) is 1.68. The van der Waals surface area contributed by atoms with Crippen LogP contribution in [0.4, 0.5) is 0 Å². The highest BCUT2D eigenvalue weighted by atomic mass is 15.4. The van der Waals surface area contributed by atoms with E-state index in [4.69, 9.17) is 0 Å². The van der Waals surface area contributed by atoms with Crippen LogP contribution >= 0.6 is 0 Å². The van der Waals surface area contributed by atoms with Crippen LogP contribution in [0, 0.1) is 0 Å².